The Morgan fingerprint density at radius 1 is 1.10 bits per heavy atom. The molecule has 2 aromatic carbocycles. The van der Waals surface area contributed by atoms with Gasteiger partial charge >= 0.3 is 0 Å². The fourth-order valence-electron chi connectivity index (χ4n) is 1.83. The Morgan fingerprint density at radius 2 is 1.85 bits per heavy atom. The summed E-state index contributed by atoms with van der Waals surface area (Å²) in [5, 5.41) is 13.0. The zero-order chi connectivity index (χ0) is 14.1. The highest BCUT2D eigenvalue weighted by Gasteiger charge is 2.14. The second-order valence-corrected chi connectivity index (χ2v) is 4.45. The van der Waals surface area contributed by atoms with Crippen LogP contribution < -0.4 is 0 Å². The Balaban J connectivity index is 1.99. The van der Waals surface area contributed by atoms with Crippen LogP contribution in [0.2, 0.25) is 0 Å². The number of hydrogen-bond acceptors (Lipinski definition) is 4. The molecule has 1 aromatic heterocycles. The van der Waals surface area contributed by atoms with Gasteiger partial charge in [-0.25, -0.2) is 4.39 Å². The SMILES string of the molecule is Cc1ccc(-c2noc(-c3ccc(O)cc3F)n2)cc1. The van der Waals surface area contributed by atoms with Crippen LogP contribution >= 0.6 is 0 Å². The number of phenolic OH excluding ortho intramolecular Hbond substituents is 1. The smallest absolute Gasteiger partial charge is 0.261 e. The molecule has 0 saturated heterocycles. The predicted molar refractivity (Wildman–Crippen MR) is 71.5 cm³/mol. The van der Waals surface area contributed by atoms with E-state index < -0.39 is 5.82 Å². The largest absolute Gasteiger partial charge is 0.508 e. The van der Waals surface area contributed by atoms with Crippen molar-refractivity contribution in [1.29, 1.82) is 0 Å². The number of hydrogen-bond donors (Lipinski definition) is 1. The monoisotopic (exact) mass is 270 g/mol. The maximum atomic E-state index is 13.7. The van der Waals surface area contributed by atoms with E-state index in [9.17, 15) is 9.50 Å². The summed E-state index contributed by atoms with van der Waals surface area (Å²) >= 11 is 0. The van der Waals surface area contributed by atoms with Crippen molar-refractivity contribution in [2.24, 2.45) is 0 Å². The zero-order valence-electron chi connectivity index (χ0n) is 10.7. The Morgan fingerprint density at radius 3 is 2.55 bits per heavy atom. The lowest BCUT2D eigenvalue weighted by atomic mass is 10.1. The van der Waals surface area contributed by atoms with Crippen molar-refractivity contribution in [3.8, 4) is 28.6 Å². The van der Waals surface area contributed by atoms with Gasteiger partial charge in [-0.3, -0.25) is 0 Å². The first-order chi connectivity index (χ1) is 9.63. The third-order valence-electron chi connectivity index (χ3n) is 2.92. The van der Waals surface area contributed by atoms with Crippen LogP contribution in [-0.4, -0.2) is 15.2 Å². The zero-order valence-corrected chi connectivity index (χ0v) is 10.7. The van der Waals surface area contributed by atoms with E-state index in [-0.39, 0.29) is 17.2 Å². The van der Waals surface area contributed by atoms with Gasteiger partial charge in [0.05, 0.1) is 5.56 Å². The van der Waals surface area contributed by atoms with Gasteiger partial charge in [0.1, 0.15) is 11.6 Å². The lowest BCUT2D eigenvalue weighted by Crippen LogP contribution is -1.85. The third-order valence-corrected chi connectivity index (χ3v) is 2.92. The van der Waals surface area contributed by atoms with Crippen molar-refractivity contribution in [2.75, 3.05) is 0 Å². The quantitative estimate of drug-likeness (QED) is 0.773. The molecule has 0 atom stereocenters. The Bertz CT molecular complexity index is 751. The minimum Gasteiger partial charge on any atom is -0.508 e. The molecule has 20 heavy (non-hydrogen) atoms. The van der Waals surface area contributed by atoms with Gasteiger partial charge in [0.25, 0.3) is 5.89 Å². The normalized spacial score (nSPS) is 10.7. The van der Waals surface area contributed by atoms with Gasteiger partial charge in [-0.1, -0.05) is 35.0 Å². The standard InChI is InChI=1S/C15H11FN2O2/c1-9-2-4-10(5-3-9)14-17-15(20-18-14)12-7-6-11(19)8-13(12)16/h2-8,19H,1H3. The molecule has 3 aromatic rings. The fraction of sp³-hybridized carbons (Fsp3) is 0.0667. The first kappa shape index (κ1) is 12.3. The van der Waals surface area contributed by atoms with Gasteiger partial charge in [-0.05, 0) is 19.1 Å². The van der Waals surface area contributed by atoms with Crippen molar-refractivity contribution in [3.63, 3.8) is 0 Å². The molecule has 1 N–H and O–H groups in total. The predicted octanol–water partition coefficient (Wildman–Crippen LogP) is 3.56. The lowest BCUT2D eigenvalue weighted by Gasteiger charge is -1.97. The van der Waals surface area contributed by atoms with Crippen LogP contribution in [-0.2, 0) is 0 Å². The number of phenols is 1. The van der Waals surface area contributed by atoms with Gasteiger partial charge in [0.2, 0.25) is 5.82 Å². The molecule has 0 aliphatic carbocycles. The molecule has 0 aliphatic heterocycles. The molecule has 5 heteroatoms. The average molecular weight is 270 g/mol. The summed E-state index contributed by atoms with van der Waals surface area (Å²) in [5.41, 5.74) is 2.08. The van der Waals surface area contributed by atoms with Gasteiger partial charge < -0.3 is 9.63 Å². The maximum absolute atomic E-state index is 13.7. The Hall–Kier alpha value is -2.69. The van der Waals surface area contributed by atoms with Crippen molar-refractivity contribution < 1.29 is 14.0 Å². The summed E-state index contributed by atoms with van der Waals surface area (Å²) in [4.78, 5) is 4.17. The number of rotatable bonds is 2. The van der Waals surface area contributed by atoms with Crippen LogP contribution in [0.25, 0.3) is 22.8 Å². The number of aromatic nitrogens is 2. The molecule has 0 amide bonds. The van der Waals surface area contributed by atoms with E-state index in [0.29, 0.717) is 5.82 Å². The molecule has 0 spiro atoms. The summed E-state index contributed by atoms with van der Waals surface area (Å²) < 4.78 is 18.8. The number of aryl methyl sites for hydroxylation is 1. The highest BCUT2D eigenvalue weighted by molar-refractivity contribution is 5.61. The summed E-state index contributed by atoms with van der Waals surface area (Å²) in [7, 11) is 0. The third kappa shape index (κ3) is 2.25. The van der Waals surface area contributed by atoms with E-state index >= 15 is 0 Å². The van der Waals surface area contributed by atoms with E-state index in [2.05, 4.69) is 10.1 Å². The van der Waals surface area contributed by atoms with Crippen molar-refractivity contribution >= 4 is 0 Å². The molecule has 3 rings (SSSR count). The summed E-state index contributed by atoms with van der Waals surface area (Å²) in [6, 6.07) is 11.4. The van der Waals surface area contributed by atoms with E-state index in [4.69, 9.17) is 4.52 Å². The van der Waals surface area contributed by atoms with Crippen molar-refractivity contribution in [3.05, 3.63) is 53.8 Å². The van der Waals surface area contributed by atoms with Gasteiger partial charge in [-0.2, -0.15) is 4.98 Å². The summed E-state index contributed by atoms with van der Waals surface area (Å²) in [5.74, 6) is -0.279. The lowest BCUT2D eigenvalue weighted by molar-refractivity contribution is 0.428. The van der Waals surface area contributed by atoms with Crippen LogP contribution in [0.5, 0.6) is 5.75 Å². The highest BCUT2D eigenvalue weighted by atomic mass is 19.1. The molecule has 1 heterocycles. The maximum Gasteiger partial charge on any atom is 0.261 e. The Labute approximate surface area is 114 Å². The van der Waals surface area contributed by atoms with E-state index in [0.717, 1.165) is 17.2 Å². The van der Waals surface area contributed by atoms with Gasteiger partial charge in [-0.15, -0.1) is 0 Å². The molecule has 0 bridgehead atoms. The van der Waals surface area contributed by atoms with Crippen LogP contribution in [0.1, 0.15) is 5.56 Å². The average Bonchev–Trinajstić information content (AvgIpc) is 2.89. The molecule has 0 fully saturated rings. The Kier molecular flexibility index (Phi) is 2.95. The molecule has 0 aliphatic rings. The van der Waals surface area contributed by atoms with Gasteiger partial charge in [0, 0.05) is 11.6 Å². The van der Waals surface area contributed by atoms with Crippen LogP contribution in [0.4, 0.5) is 4.39 Å². The fourth-order valence-corrected chi connectivity index (χ4v) is 1.83. The van der Waals surface area contributed by atoms with Crippen LogP contribution in [0.3, 0.4) is 0 Å². The number of halogens is 1. The van der Waals surface area contributed by atoms with E-state index in [1.54, 1.807) is 0 Å². The van der Waals surface area contributed by atoms with E-state index in [1.807, 2.05) is 31.2 Å². The molecule has 4 nitrogen and oxygen atoms in total. The van der Waals surface area contributed by atoms with Gasteiger partial charge in [0.15, 0.2) is 0 Å². The second kappa shape index (κ2) is 4.77. The molecular formula is C15H11FN2O2. The number of nitrogens with zero attached hydrogens (tertiary/aromatic N) is 2. The number of benzene rings is 2. The molecule has 100 valence electrons. The molecule has 0 radical (unpaired) electrons. The first-order valence-electron chi connectivity index (χ1n) is 6.03. The first-order valence-corrected chi connectivity index (χ1v) is 6.03. The molecule has 0 unspecified atom stereocenters. The molecular weight excluding hydrogens is 259 g/mol. The van der Waals surface area contributed by atoms with Crippen LogP contribution in [0.15, 0.2) is 47.0 Å². The van der Waals surface area contributed by atoms with Crippen molar-refractivity contribution in [2.45, 2.75) is 6.92 Å². The van der Waals surface area contributed by atoms with E-state index in [1.165, 1.54) is 12.1 Å². The minimum absolute atomic E-state index is 0.0816. The topological polar surface area (TPSA) is 59.2 Å². The van der Waals surface area contributed by atoms with Crippen molar-refractivity contribution in [1.82, 2.24) is 10.1 Å². The summed E-state index contributed by atoms with van der Waals surface area (Å²) in [6.45, 7) is 1.98. The second-order valence-electron chi connectivity index (χ2n) is 4.45. The number of aromatic hydroxyl groups is 1. The highest BCUT2D eigenvalue weighted by Crippen LogP contribution is 2.26. The minimum atomic E-state index is -0.607. The van der Waals surface area contributed by atoms with Crippen LogP contribution in [0, 0.1) is 12.7 Å². The molecule has 0 saturated carbocycles. The summed E-state index contributed by atoms with van der Waals surface area (Å²) in [6.07, 6.45) is 0.